The van der Waals surface area contributed by atoms with Crippen molar-refractivity contribution in [1.82, 2.24) is 41.7 Å². The molecule has 1 aromatic heterocycles. The number of nitrogens with one attached hydrogen (secondary N) is 6. The fourth-order valence-corrected chi connectivity index (χ4v) is 13.0. The van der Waals surface area contributed by atoms with Crippen molar-refractivity contribution in [1.29, 1.82) is 0 Å². The molecule has 23 heteroatoms. The number of likely N-dealkylation sites (N-methyl/N-ethyl adjacent to an activating group) is 3. The molecule has 0 saturated carbocycles. The molecule has 3 amide bonds. The number of methoxy groups -OCH3 is 3. The van der Waals surface area contributed by atoms with Gasteiger partial charge in [-0.1, -0.05) is 6.07 Å². The lowest BCUT2D eigenvalue weighted by atomic mass is 9.96. The highest BCUT2D eigenvalue weighted by atomic mass is 19.1. The number of ether oxygens (including phenoxy) is 4. The predicted molar refractivity (Wildman–Crippen MR) is 402 cm³/mol. The molecule has 10 N–H and O–H groups in total. The van der Waals surface area contributed by atoms with Crippen molar-refractivity contribution in [2.75, 3.05) is 96.4 Å². The molecule has 0 spiro atoms. The van der Waals surface area contributed by atoms with Crippen LogP contribution >= 0.6 is 0 Å². The number of hydrogen-bond acceptors (Lipinski definition) is 18. The number of benzene rings is 6. The van der Waals surface area contributed by atoms with E-state index in [1.54, 1.807) is 44.6 Å². The van der Waals surface area contributed by atoms with E-state index in [0.29, 0.717) is 85.2 Å². The van der Waals surface area contributed by atoms with Crippen LogP contribution < -0.4 is 77.0 Å². The molecule has 0 bridgehead atoms. The number of anilines is 3. The molecule has 10 rings (SSSR count). The third kappa shape index (κ3) is 16.7. The number of allylic oxidation sites excluding steroid dienone is 2. The molecular weight excluding hydrogens is 1280 g/mol. The van der Waals surface area contributed by atoms with Crippen LogP contribution in [0.5, 0.6) is 23.0 Å². The number of nitrogens with zero attached hydrogens (tertiary/aromatic N) is 7. The van der Waals surface area contributed by atoms with Crippen molar-refractivity contribution in [3.8, 4) is 34.1 Å². The lowest BCUT2D eigenvalue weighted by Crippen LogP contribution is -2.57. The Morgan fingerprint density at radius 2 is 1.04 bits per heavy atom. The second-order valence-corrected chi connectivity index (χ2v) is 26.7. The highest BCUT2D eigenvalue weighted by molar-refractivity contribution is 6.11. The van der Waals surface area contributed by atoms with Crippen LogP contribution in [-0.4, -0.2) is 146 Å². The Kier molecular flexibility index (Phi) is 23.6. The van der Waals surface area contributed by atoms with E-state index in [9.17, 15) is 14.4 Å². The molecule has 4 heterocycles. The lowest BCUT2D eigenvalue weighted by Gasteiger charge is -2.41. The van der Waals surface area contributed by atoms with Gasteiger partial charge in [0.05, 0.1) is 64.8 Å². The number of halogens is 1. The Hall–Kier alpha value is -10.2. The lowest BCUT2D eigenvalue weighted by molar-refractivity contribution is 0.0930. The van der Waals surface area contributed by atoms with E-state index in [2.05, 4.69) is 63.8 Å². The summed E-state index contributed by atoms with van der Waals surface area (Å²) >= 11 is 0. The zero-order valence-corrected chi connectivity index (χ0v) is 60.8. The largest absolute Gasteiger partial charge is 0.493 e. The van der Waals surface area contributed by atoms with E-state index in [1.807, 2.05) is 150 Å². The number of aryl methyl sites for hydroxylation is 2. The van der Waals surface area contributed by atoms with Crippen LogP contribution in [0.25, 0.3) is 22.3 Å². The van der Waals surface area contributed by atoms with Gasteiger partial charge in [-0.25, -0.2) is 4.39 Å². The van der Waals surface area contributed by atoms with E-state index in [-0.39, 0.29) is 43.0 Å². The minimum Gasteiger partial charge on any atom is -0.493 e. The minimum absolute atomic E-state index is 0.178. The Bertz CT molecular complexity index is 4320. The van der Waals surface area contributed by atoms with E-state index < -0.39 is 23.9 Å². The molecule has 22 nitrogen and oxygen atoms in total. The maximum atomic E-state index is 15.6. The molecule has 3 fully saturated rings. The summed E-state index contributed by atoms with van der Waals surface area (Å²) in [5.74, 6) is 0.669. The van der Waals surface area contributed by atoms with Crippen LogP contribution in [0.15, 0.2) is 120 Å². The molecule has 3 atom stereocenters. The maximum Gasteiger partial charge on any atom is 0.252 e. The number of amides is 3. The molecule has 3 saturated heterocycles. The number of rotatable bonds is 29. The SMILES string of the molecule is CNC1CN(c2ccc(C)c(C(=O)N[C@H](C)c3cc(F)cc(C(C=NCc4cc(N5CC(NC)C5)cc(C(=O)N[C@H](C)c5cc(OC)c(OC(C)C)c(C(C=NCc6cc(N7CC(NC)C7)cc(C(=O)N[C@H](C)c7cc(OC)c(OC)c(-c8cnn(C)c8)c7)c6C)=CN)c5)c4C)=CN)c3)c2)C1. The first-order valence-electron chi connectivity index (χ1n) is 34.3. The van der Waals surface area contributed by atoms with Gasteiger partial charge in [0.1, 0.15) is 5.82 Å². The Labute approximate surface area is 592 Å². The number of carbonyl (C=O) groups is 3. The van der Waals surface area contributed by atoms with Gasteiger partial charge in [0.15, 0.2) is 23.0 Å². The maximum absolute atomic E-state index is 15.6. The summed E-state index contributed by atoms with van der Waals surface area (Å²) in [6.07, 6.45) is 9.58. The second-order valence-electron chi connectivity index (χ2n) is 26.7. The normalized spacial score (nSPS) is 15.5. The average Bonchev–Trinajstić information content (AvgIpc) is 1.18. The first-order chi connectivity index (χ1) is 48.5. The Balaban J connectivity index is 0.875. The molecular formula is C78H98FN15O7. The quantitative estimate of drug-likeness (QED) is 0.0203. The fourth-order valence-electron chi connectivity index (χ4n) is 13.0. The number of carbonyl (C=O) groups excluding carboxylic acids is 3. The summed E-state index contributed by atoms with van der Waals surface area (Å²) in [7, 11) is 12.4. The third-order valence-corrected chi connectivity index (χ3v) is 19.5. The van der Waals surface area contributed by atoms with Gasteiger partial charge in [-0.15, -0.1) is 0 Å². The van der Waals surface area contributed by atoms with Crippen LogP contribution in [0.2, 0.25) is 0 Å². The third-order valence-electron chi connectivity index (χ3n) is 19.5. The molecule has 534 valence electrons. The Morgan fingerprint density at radius 3 is 1.50 bits per heavy atom. The molecule has 101 heavy (non-hydrogen) atoms. The molecule has 3 aliphatic heterocycles. The van der Waals surface area contributed by atoms with E-state index in [1.165, 1.54) is 24.5 Å². The minimum atomic E-state index is -0.570. The zero-order chi connectivity index (χ0) is 72.5. The van der Waals surface area contributed by atoms with Crippen molar-refractivity contribution >= 4 is 58.4 Å². The number of aromatic nitrogens is 2. The monoisotopic (exact) mass is 1380 g/mol. The number of hydrogen-bond donors (Lipinski definition) is 8. The standard InChI is InChI=1S/C78H98FN15O7/c1-44(2)101-75-70(58(31-81)35-86-33-56-22-66(94-42-63(43-94)84-11)29-69(47(56)5)78(97)90-50(8)53-24-71(59-36-87-91(12)37-59)74(100-15)72(25-53)98-13)23-52(26-73(75)99-14)49(7)89-77(96)68-28-65(93-40-62(41-93)83-10)21-55(46(68)4)32-85-34-57(30-80)54-18-51(19-60(79)20-54)48(6)88-76(95)67-27-64(17-16-45(67)3)92-38-61(39-92)82-9/h16-31,34-37,44,48-50,61-63,82-84H,32-33,38-43,80-81H2,1-15H3,(H,88,95)(H,89,96)(H,90,97)/t48-,49-,50-/m1/s1. The van der Waals surface area contributed by atoms with Gasteiger partial charge in [-0.3, -0.25) is 29.1 Å². The van der Waals surface area contributed by atoms with Crippen LogP contribution in [0.4, 0.5) is 21.5 Å². The molecule has 0 radical (unpaired) electrons. The Morgan fingerprint density at radius 1 is 0.574 bits per heavy atom. The smallest absolute Gasteiger partial charge is 0.252 e. The first-order valence-corrected chi connectivity index (χ1v) is 34.3. The predicted octanol–water partition coefficient (Wildman–Crippen LogP) is 9.80. The fraction of sp³-hybridized carbons (Fsp3) is 0.385. The van der Waals surface area contributed by atoms with Gasteiger partial charge in [-0.05, 0) is 205 Å². The van der Waals surface area contributed by atoms with Crippen molar-refractivity contribution in [2.24, 2.45) is 28.5 Å². The average molecular weight is 1380 g/mol. The van der Waals surface area contributed by atoms with Crippen molar-refractivity contribution < 1.29 is 37.7 Å². The summed E-state index contributed by atoms with van der Waals surface area (Å²) in [4.78, 5) is 59.9. The van der Waals surface area contributed by atoms with Crippen LogP contribution in [-0.2, 0) is 20.1 Å². The van der Waals surface area contributed by atoms with Gasteiger partial charge < -0.3 is 77.0 Å². The van der Waals surface area contributed by atoms with Crippen LogP contribution in [0.3, 0.4) is 0 Å². The summed E-state index contributed by atoms with van der Waals surface area (Å²) in [5, 5.41) is 24.0. The van der Waals surface area contributed by atoms with Crippen molar-refractivity contribution in [3.63, 3.8) is 0 Å². The highest BCUT2D eigenvalue weighted by Crippen LogP contribution is 2.42. The zero-order valence-electron chi connectivity index (χ0n) is 60.8. The van der Waals surface area contributed by atoms with Gasteiger partial charge in [-0.2, -0.15) is 5.10 Å². The summed E-state index contributed by atoms with van der Waals surface area (Å²) in [6.45, 7) is 20.4. The number of aliphatic imine (C=N–C) groups is 2. The van der Waals surface area contributed by atoms with Gasteiger partial charge >= 0.3 is 0 Å². The van der Waals surface area contributed by atoms with Crippen LogP contribution in [0, 0.1) is 26.6 Å². The highest BCUT2D eigenvalue weighted by Gasteiger charge is 2.32. The summed E-state index contributed by atoms with van der Waals surface area (Å²) in [5.41, 5.74) is 26.9. The molecule has 6 aromatic carbocycles. The van der Waals surface area contributed by atoms with E-state index in [4.69, 9.17) is 40.4 Å². The van der Waals surface area contributed by atoms with E-state index in [0.717, 1.165) is 101 Å². The number of nitrogens with two attached hydrogens (primary N) is 2. The summed E-state index contributed by atoms with van der Waals surface area (Å²) in [6, 6.07) is 25.6. The van der Waals surface area contributed by atoms with Crippen molar-refractivity contribution in [3.05, 3.63) is 188 Å². The molecule has 7 aromatic rings. The molecule has 0 aliphatic carbocycles. The second kappa shape index (κ2) is 32.4. The molecule has 3 aliphatic rings. The van der Waals surface area contributed by atoms with Gasteiger partial charge in [0.25, 0.3) is 17.7 Å². The van der Waals surface area contributed by atoms with E-state index >= 15 is 4.39 Å². The molecule has 0 unspecified atom stereocenters. The van der Waals surface area contributed by atoms with Gasteiger partial charge in [0, 0.05) is 157 Å². The summed E-state index contributed by atoms with van der Waals surface area (Å²) < 4.78 is 41.5. The topological polar surface area (TPSA) is 265 Å². The van der Waals surface area contributed by atoms with Crippen LogP contribution in [0.1, 0.15) is 139 Å². The van der Waals surface area contributed by atoms with Crippen molar-refractivity contribution in [2.45, 2.75) is 111 Å². The first kappa shape index (κ1) is 73.5. The van der Waals surface area contributed by atoms with Gasteiger partial charge in [0.2, 0.25) is 0 Å².